The summed E-state index contributed by atoms with van der Waals surface area (Å²) in [4.78, 5) is 16.6. The Morgan fingerprint density at radius 1 is 1.23 bits per heavy atom. The maximum Gasteiger partial charge on any atom is 0.295 e. The summed E-state index contributed by atoms with van der Waals surface area (Å²) in [5, 5.41) is 2.91. The van der Waals surface area contributed by atoms with E-state index in [1.54, 1.807) is 0 Å². The fourth-order valence-corrected chi connectivity index (χ4v) is 3.61. The fourth-order valence-electron chi connectivity index (χ4n) is 3.61. The summed E-state index contributed by atoms with van der Waals surface area (Å²) in [6.07, 6.45) is 1.84. The largest absolute Gasteiger partial charge is 0.369 e. The monoisotopic (exact) mass is 354 g/mol. The van der Waals surface area contributed by atoms with E-state index in [0.717, 1.165) is 45.6 Å². The van der Waals surface area contributed by atoms with Gasteiger partial charge in [0.1, 0.15) is 0 Å². The zero-order valence-electron chi connectivity index (χ0n) is 15.9. The molecule has 0 bridgehead atoms. The SMILES string of the molecule is Cc1cccc(N2CCN(CCNC(=O)C#CC3CC(N)C3)CC2)c1C. The van der Waals surface area contributed by atoms with Crippen LogP contribution in [0.25, 0.3) is 0 Å². The van der Waals surface area contributed by atoms with Crippen molar-refractivity contribution in [1.29, 1.82) is 0 Å². The van der Waals surface area contributed by atoms with Gasteiger partial charge >= 0.3 is 0 Å². The first kappa shape index (κ1) is 18.8. The number of nitrogens with zero attached hydrogens (tertiary/aromatic N) is 2. The highest BCUT2D eigenvalue weighted by Crippen LogP contribution is 2.24. The van der Waals surface area contributed by atoms with Gasteiger partial charge in [0.05, 0.1) is 0 Å². The van der Waals surface area contributed by atoms with Crippen LogP contribution in [-0.4, -0.2) is 56.1 Å². The van der Waals surface area contributed by atoms with Gasteiger partial charge in [0.2, 0.25) is 0 Å². The van der Waals surface area contributed by atoms with Crippen molar-refractivity contribution in [1.82, 2.24) is 10.2 Å². The highest BCUT2D eigenvalue weighted by molar-refractivity contribution is 5.93. The lowest BCUT2D eigenvalue weighted by Crippen LogP contribution is -2.48. The third-order valence-electron chi connectivity index (χ3n) is 5.57. The second-order valence-corrected chi connectivity index (χ2v) is 7.50. The topological polar surface area (TPSA) is 61.6 Å². The van der Waals surface area contributed by atoms with Crippen LogP contribution in [0.4, 0.5) is 5.69 Å². The molecule has 2 aliphatic rings. The van der Waals surface area contributed by atoms with E-state index in [-0.39, 0.29) is 11.9 Å². The van der Waals surface area contributed by atoms with E-state index in [9.17, 15) is 4.79 Å². The molecule has 2 fully saturated rings. The Morgan fingerprint density at radius 3 is 2.65 bits per heavy atom. The van der Waals surface area contributed by atoms with Crippen molar-refractivity contribution < 1.29 is 4.79 Å². The van der Waals surface area contributed by atoms with E-state index < -0.39 is 0 Å². The standard InChI is InChI=1S/C21H30N4O/c1-16-4-3-5-20(17(16)2)25-12-10-24(11-13-25)9-8-23-21(26)7-6-18-14-19(22)15-18/h3-5,18-19H,8-15,22H2,1-2H3,(H,23,26). The summed E-state index contributed by atoms with van der Waals surface area (Å²) in [5.74, 6) is 5.86. The molecule has 0 unspecified atom stereocenters. The van der Waals surface area contributed by atoms with E-state index in [4.69, 9.17) is 5.73 Å². The smallest absolute Gasteiger partial charge is 0.295 e. The molecule has 0 atom stereocenters. The minimum atomic E-state index is -0.167. The molecule has 26 heavy (non-hydrogen) atoms. The summed E-state index contributed by atoms with van der Waals surface area (Å²) in [7, 11) is 0. The predicted octanol–water partition coefficient (Wildman–Crippen LogP) is 1.28. The molecule has 1 aliphatic heterocycles. The molecule has 3 rings (SSSR count). The molecule has 0 radical (unpaired) electrons. The fraction of sp³-hybridized carbons (Fsp3) is 0.571. The Balaban J connectivity index is 1.36. The van der Waals surface area contributed by atoms with Crippen molar-refractivity contribution in [3.63, 3.8) is 0 Å². The first-order chi connectivity index (χ1) is 12.5. The van der Waals surface area contributed by atoms with Crippen LogP contribution in [0.1, 0.15) is 24.0 Å². The van der Waals surface area contributed by atoms with Gasteiger partial charge in [-0.1, -0.05) is 18.1 Å². The third-order valence-corrected chi connectivity index (χ3v) is 5.57. The molecular formula is C21H30N4O. The summed E-state index contributed by atoms with van der Waals surface area (Å²) >= 11 is 0. The molecule has 1 amide bonds. The molecule has 1 saturated heterocycles. The number of nitrogens with two attached hydrogens (primary N) is 1. The molecule has 140 valence electrons. The lowest BCUT2D eigenvalue weighted by molar-refractivity contribution is -0.115. The van der Waals surface area contributed by atoms with E-state index >= 15 is 0 Å². The van der Waals surface area contributed by atoms with E-state index in [0.29, 0.717) is 12.5 Å². The molecule has 3 N–H and O–H groups in total. The van der Waals surface area contributed by atoms with Gasteiger partial charge in [0, 0.05) is 56.9 Å². The maximum absolute atomic E-state index is 11.8. The average molecular weight is 354 g/mol. The number of hydrogen-bond acceptors (Lipinski definition) is 4. The van der Waals surface area contributed by atoms with Gasteiger partial charge in [0.25, 0.3) is 5.91 Å². The Labute approximate surface area is 156 Å². The first-order valence-corrected chi connectivity index (χ1v) is 9.61. The van der Waals surface area contributed by atoms with Crippen molar-refractivity contribution in [3.8, 4) is 11.8 Å². The van der Waals surface area contributed by atoms with Crippen LogP contribution in [0.5, 0.6) is 0 Å². The highest BCUT2D eigenvalue weighted by atomic mass is 16.1. The molecular weight excluding hydrogens is 324 g/mol. The third kappa shape index (κ3) is 4.78. The van der Waals surface area contributed by atoms with E-state index in [1.165, 1.54) is 16.8 Å². The number of hydrogen-bond donors (Lipinski definition) is 2. The number of carbonyl (C=O) groups excluding carboxylic acids is 1. The van der Waals surface area contributed by atoms with Crippen LogP contribution in [0.2, 0.25) is 0 Å². The van der Waals surface area contributed by atoms with Gasteiger partial charge in [0.15, 0.2) is 0 Å². The summed E-state index contributed by atoms with van der Waals surface area (Å²) in [6.45, 7) is 10.00. The quantitative estimate of drug-likeness (QED) is 0.800. The zero-order chi connectivity index (χ0) is 18.5. The lowest BCUT2D eigenvalue weighted by Gasteiger charge is -2.37. The summed E-state index contributed by atoms with van der Waals surface area (Å²) < 4.78 is 0. The van der Waals surface area contributed by atoms with E-state index in [2.05, 4.69) is 59.0 Å². The number of nitrogens with one attached hydrogen (secondary N) is 1. The minimum Gasteiger partial charge on any atom is -0.369 e. The van der Waals surface area contributed by atoms with E-state index in [1.807, 2.05) is 0 Å². The number of anilines is 1. The van der Waals surface area contributed by atoms with Gasteiger partial charge in [-0.3, -0.25) is 9.69 Å². The Hall–Kier alpha value is -2.03. The molecule has 1 aromatic carbocycles. The molecule has 1 heterocycles. The number of amides is 1. The van der Waals surface area contributed by atoms with Crippen molar-refractivity contribution in [2.45, 2.75) is 32.7 Å². The molecule has 1 aliphatic carbocycles. The highest BCUT2D eigenvalue weighted by Gasteiger charge is 2.23. The van der Waals surface area contributed by atoms with Gasteiger partial charge in [-0.05, 0) is 49.8 Å². The van der Waals surface area contributed by atoms with Crippen molar-refractivity contribution >= 4 is 11.6 Å². The first-order valence-electron chi connectivity index (χ1n) is 9.61. The number of rotatable bonds is 4. The van der Waals surface area contributed by atoms with Crippen LogP contribution < -0.4 is 16.0 Å². The zero-order valence-corrected chi connectivity index (χ0v) is 15.9. The maximum atomic E-state index is 11.8. The molecule has 5 heteroatoms. The Morgan fingerprint density at radius 2 is 1.96 bits per heavy atom. The number of piperazine rings is 1. The normalized spacial score (nSPS) is 23.0. The van der Waals surface area contributed by atoms with Gasteiger partial charge in [-0.25, -0.2) is 0 Å². The molecule has 0 spiro atoms. The predicted molar refractivity (Wildman–Crippen MR) is 106 cm³/mol. The Bertz CT molecular complexity index is 692. The van der Waals surface area contributed by atoms with Gasteiger partial charge in [-0.15, -0.1) is 0 Å². The van der Waals surface area contributed by atoms with Crippen LogP contribution >= 0.6 is 0 Å². The average Bonchev–Trinajstić information content (AvgIpc) is 2.61. The van der Waals surface area contributed by atoms with Crippen molar-refractivity contribution in [3.05, 3.63) is 29.3 Å². The minimum absolute atomic E-state index is 0.167. The lowest BCUT2D eigenvalue weighted by atomic mass is 9.81. The van der Waals surface area contributed by atoms with Crippen LogP contribution in [0, 0.1) is 31.6 Å². The molecule has 5 nitrogen and oxygen atoms in total. The van der Waals surface area contributed by atoms with Gasteiger partial charge in [-0.2, -0.15) is 0 Å². The molecule has 1 saturated carbocycles. The van der Waals surface area contributed by atoms with Crippen LogP contribution in [0.15, 0.2) is 18.2 Å². The van der Waals surface area contributed by atoms with Gasteiger partial charge < -0.3 is 16.0 Å². The van der Waals surface area contributed by atoms with Crippen LogP contribution in [0.3, 0.4) is 0 Å². The van der Waals surface area contributed by atoms with Crippen molar-refractivity contribution in [2.75, 3.05) is 44.2 Å². The second-order valence-electron chi connectivity index (χ2n) is 7.50. The second kappa shape index (κ2) is 8.57. The van der Waals surface area contributed by atoms with Crippen molar-refractivity contribution in [2.24, 2.45) is 11.7 Å². The summed E-state index contributed by atoms with van der Waals surface area (Å²) in [6, 6.07) is 6.80. The molecule has 1 aromatic rings. The number of benzene rings is 1. The van der Waals surface area contributed by atoms with Crippen LogP contribution in [-0.2, 0) is 4.79 Å². The number of carbonyl (C=O) groups is 1. The summed E-state index contributed by atoms with van der Waals surface area (Å²) in [5.41, 5.74) is 9.79. The Kier molecular flexibility index (Phi) is 6.18. The molecule has 0 aromatic heterocycles. The number of aryl methyl sites for hydroxylation is 1.